The first kappa shape index (κ1) is 21.9. The number of anilines is 1. The molecule has 1 rings (SSSR count). The lowest BCUT2D eigenvalue weighted by molar-refractivity contribution is -0.138. The van der Waals surface area contributed by atoms with Crippen molar-refractivity contribution in [1.29, 1.82) is 0 Å². The molecule has 1 amide bonds. The van der Waals surface area contributed by atoms with Gasteiger partial charge in [-0.2, -0.15) is 0 Å². The van der Waals surface area contributed by atoms with E-state index in [1.165, 1.54) is 4.90 Å². The van der Waals surface area contributed by atoms with Gasteiger partial charge in [0.15, 0.2) is 0 Å². The number of rotatable bonds is 5. The third-order valence-corrected chi connectivity index (χ3v) is 4.59. The Morgan fingerprint density at radius 1 is 1.40 bits per heavy atom. The van der Waals surface area contributed by atoms with Gasteiger partial charge in [-0.05, 0) is 78.7 Å². The van der Waals surface area contributed by atoms with Gasteiger partial charge in [-0.15, -0.1) is 0 Å². The van der Waals surface area contributed by atoms with Crippen molar-refractivity contribution in [3.8, 4) is 0 Å². The largest absolute Gasteiger partial charge is 0.463 e. The van der Waals surface area contributed by atoms with Gasteiger partial charge in [0.05, 0.1) is 18.8 Å². The molecule has 8 heteroatoms. The highest BCUT2D eigenvalue weighted by Crippen LogP contribution is 2.32. The van der Waals surface area contributed by atoms with Crippen LogP contribution in [-0.2, 0) is 14.3 Å². The maximum atomic E-state index is 12.8. The number of ether oxygens (including phenoxy) is 2. The number of nitrogens with zero attached hydrogens (tertiary/aromatic N) is 2. The van der Waals surface area contributed by atoms with Gasteiger partial charge in [-0.25, -0.2) is 14.6 Å². The summed E-state index contributed by atoms with van der Waals surface area (Å²) in [5, 5.41) is 0. The molecule has 138 valence electrons. The molecule has 0 bridgehead atoms. The Kier molecular flexibility index (Phi) is 7.86. The van der Waals surface area contributed by atoms with Crippen LogP contribution >= 0.6 is 38.5 Å². The molecule has 0 radical (unpaired) electrons. The van der Waals surface area contributed by atoms with Crippen molar-refractivity contribution in [2.45, 2.75) is 40.2 Å². The number of halogens is 2. The molecule has 0 aliphatic rings. The number of pyridine rings is 1. The molecule has 1 aromatic rings. The molecule has 25 heavy (non-hydrogen) atoms. The summed E-state index contributed by atoms with van der Waals surface area (Å²) in [5.41, 5.74) is 0.846. The van der Waals surface area contributed by atoms with E-state index in [4.69, 9.17) is 9.47 Å². The van der Waals surface area contributed by atoms with E-state index in [1.807, 2.05) is 29.5 Å². The van der Waals surface area contributed by atoms with Crippen LogP contribution in [0.1, 0.15) is 33.3 Å². The Morgan fingerprint density at radius 2 is 2.00 bits per heavy atom. The van der Waals surface area contributed by atoms with Gasteiger partial charge >= 0.3 is 12.1 Å². The zero-order chi connectivity index (χ0) is 19.4. The fourth-order valence-corrected chi connectivity index (χ4v) is 3.02. The molecule has 0 aliphatic carbocycles. The normalized spacial score (nSPS) is 11.0. The van der Waals surface area contributed by atoms with Gasteiger partial charge in [-0.3, -0.25) is 4.90 Å². The molecule has 1 aromatic heterocycles. The van der Waals surface area contributed by atoms with Gasteiger partial charge in [0.1, 0.15) is 9.30 Å². The Morgan fingerprint density at radius 3 is 2.52 bits per heavy atom. The van der Waals surface area contributed by atoms with Gasteiger partial charge in [-0.1, -0.05) is 6.58 Å². The summed E-state index contributed by atoms with van der Waals surface area (Å²) in [6, 6.07) is 0. The van der Waals surface area contributed by atoms with Gasteiger partial charge in [0.25, 0.3) is 0 Å². The second-order valence-electron chi connectivity index (χ2n) is 6.26. The van der Waals surface area contributed by atoms with Gasteiger partial charge in [0.2, 0.25) is 0 Å². The summed E-state index contributed by atoms with van der Waals surface area (Å²) in [5.74, 6) is -0.549. The van der Waals surface area contributed by atoms with Crippen LogP contribution in [0.3, 0.4) is 0 Å². The van der Waals surface area contributed by atoms with E-state index >= 15 is 0 Å². The number of amides is 1. The van der Waals surface area contributed by atoms with Crippen molar-refractivity contribution in [3.63, 3.8) is 0 Å². The maximum absolute atomic E-state index is 12.8. The lowest BCUT2D eigenvalue weighted by Crippen LogP contribution is -2.40. The van der Waals surface area contributed by atoms with Crippen LogP contribution in [0.15, 0.2) is 22.8 Å². The molecule has 0 fully saturated rings. The molecule has 1 heterocycles. The van der Waals surface area contributed by atoms with E-state index in [1.54, 1.807) is 33.9 Å². The summed E-state index contributed by atoms with van der Waals surface area (Å²) >= 11 is 5.46. The third kappa shape index (κ3) is 6.25. The van der Waals surface area contributed by atoms with Crippen LogP contribution in [0.4, 0.5) is 10.5 Å². The topological polar surface area (TPSA) is 68.7 Å². The van der Waals surface area contributed by atoms with Crippen molar-refractivity contribution < 1.29 is 19.1 Å². The third-order valence-electron chi connectivity index (χ3n) is 3.00. The van der Waals surface area contributed by atoms with Crippen LogP contribution in [0.5, 0.6) is 0 Å². The summed E-state index contributed by atoms with van der Waals surface area (Å²) < 4.78 is 11.8. The van der Waals surface area contributed by atoms with E-state index in [9.17, 15) is 9.59 Å². The number of carbonyl (C=O) groups excluding carboxylic acids is 2. The molecule has 0 spiro atoms. The van der Waals surface area contributed by atoms with Crippen molar-refractivity contribution in [1.82, 2.24) is 4.98 Å². The second kappa shape index (κ2) is 8.98. The Labute approximate surface area is 170 Å². The first-order valence-electron chi connectivity index (χ1n) is 7.64. The van der Waals surface area contributed by atoms with Crippen LogP contribution in [0.2, 0.25) is 0 Å². The molecule has 0 N–H and O–H groups in total. The van der Waals surface area contributed by atoms with E-state index in [-0.39, 0.29) is 18.7 Å². The van der Waals surface area contributed by atoms with Crippen molar-refractivity contribution in [3.05, 3.63) is 32.1 Å². The summed E-state index contributed by atoms with van der Waals surface area (Å²) in [6.45, 7) is 12.8. The predicted octanol–water partition coefficient (Wildman–Crippen LogP) is 4.62. The lowest BCUT2D eigenvalue weighted by Gasteiger charge is -2.29. The minimum atomic E-state index is -0.681. The average Bonchev–Trinajstić information content (AvgIpc) is 2.48. The van der Waals surface area contributed by atoms with Crippen LogP contribution in [0.25, 0.3) is 0 Å². The first-order valence-corrected chi connectivity index (χ1v) is 9.51. The average molecular weight is 525 g/mol. The number of esters is 1. The van der Waals surface area contributed by atoms with E-state index in [0.717, 1.165) is 10.0 Å². The van der Waals surface area contributed by atoms with Gasteiger partial charge in [0, 0.05) is 16.2 Å². The zero-order valence-electron chi connectivity index (χ0n) is 15.0. The highest BCUT2D eigenvalue weighted by Gasteiger charge is 2.29. The maximum Gasteiger partial charge on any atom is 0.415 e. The van der Waals surface area contributed by atoms with E-state index in [0.29, 0.717) is 9.39 Å². The summed E-state index contributed by atoms with van der Waals surface area (Å²) in [6.07, 6.45) is 1.08. The number of hydrogen-bond donors (Lipinski definition) is 0. The molecule has 0 atom stereocenters. The van der Waals surface area contributed by atoms with Crippen molar-refractivity contribution in [2.24, 2.45) is 0 Å². The van der Waals surface area contributed by atoms with Crippen molar-refractivity contribution >= 4 is 56.3 Å². The molecule has 0 saturated carbocycles. The molecular formula is C17H22BrIN2O4. The Bertz CT molecular complexity index is 686. The molecule has 0 unspecified atom stereocenters. The smallest absolute Gasteiger partial charge is 0.415 e. The molecular weight excluding hydrogens is 503 g/mol. The number of hydrogen-bond acceptors (Lipinski definition) is 5. The summed E-state index contributed by atoms with van der Waals surface area (Å²) in [7, 11) is 0. The Hall–Kier alpha value is -1.16. The minimum Gasteiger partial charge on any atom is -0.463 e. The monoisotopic (exact) mass is 524 g/mol. The minimum absolute atomic E-state index is 0.0529. The fourth-order valence-electron chi connectivity index (χ4n) is 1.89. The Balaban J connectivity index is 3.30. The molecule has 6 nitrogen and oxygen atoms in total. The summed E-state index contributed by atoms with van der Waals surface area (Å²) in [4.78, 5) is 30.3. The van der Waals surface area contributed by atoms with E-state index < -0.39 is 17.7 Å². The number of aromatic nitrogens is 1. The van der Waals surface area contributed by atoms with Crippen LogP contribution in [-0.4, -0.2) is 35.8 Å². The van der Waals surface area contributed by atoms with Crippen molar-refractivity contribution in [2.75, 3.05) is 18.1 Å². The quantitative estimate of drug-likeness (QED) is 0.243. The number of carbonyl (C=O) groups is 2. The first-order chi connectivity index (χ1) is 11.5. The molecule has 0 aliphatic heterocycles. The lowest BCUT2D eigenvalue weighted by atomic mass is 10.2. The van der Waals surface area contributed by atoms with Crippen LogP contribution < -0.4 is 4.90 Å². The highest BCUT2D eigenvalue weighted by molar-refractivity contribution is 14.1. The molecule has 0 saturated heterocycles. The second-order valence-corrected chi connectivity index (χ2v) is 8.14. The highest BCUT2D eigenvalue weighted by atomic mass is 127. The SMILES string of the molecule is C=C(CN(C(=O)OC(C)(C)C)c1c(I)ncc(Br)c1C)C(=O)OCC. The molecule has 0 aromatic carbocycles. The van der Waals surface area contributed by atoms with Crippen LogP contribution in [0, 0.1) is 10.6 Å². The fraction of sp³-hybridized carbons (Fsp3) is 0.471. The predicted molar refractivity (Wildman–Crippen MR) is 109 cm³/mol. The van der Waals surface area contributed by atoms with Gasteiger partial charge < -0.3 is 9.47 Å². The zero-order valence-corrected chi connectivity index (χ0v) is 18.7. The van der Waals surface area contributed by atoms with E-state index in [2.05, 4.69) is 27.5 Å². The standard InChI is InChI=1S/C17H22BrIN2O4/c1-7-24-15(22)10(2)9-21(16(23)25-17(4,5)6)13-11(3)12(18)8-20-14(13)19/h8H,2,7,9H2,1,3-6H3.